The Hall–Kier alpha value is -2.66. The van der Waals surface area contributed by atoms with E-state index in [9.17, 15) is 14.0 Å². The first-order chi connectivity index (χ1) is 9.95. The van der Waals surface area contributed by atoms with Crippen LogP contribution < -0.4 is 21.1 Å². The number of nitrogens with two attached hydrogens (primary N) is 1. The molecule has 108 valence electrons. The average molecular weight is 290 g/mol. The van der Waals surface area contributed by atoms with Crippen LogP contribution in [-0.4, -0.2) is 30.0 Å². The van der Waals surface area contributed by atoms with E-state index in [-0.39, 0.29) is 30.0 Å². The molecule has 0 unspecified atom stereocenters. The van der Waals surface area contributed by atoms with Crippen molar-refractivity contribution in [2.75, 3.05) is 11.9 Å². The van der Waals surface area contributed by atoms with Crippen molar-refractivity contribution in [3.8, 4) is 11.8 Å². The number of nitrogens with zero attached hydrogens (tertiary/aromatic N) is 1. The molecule has 1 saturated heterocycles. The Morgan fingerprint density at radius 3 is 2.95 bits per heavy atom. The van der Waals surface area contributed by atoms with Crippen molar-refractivity contribution in [1.82, 2.24) is 5.32 Å². The van der Waals surface area contributed by atoms with Gasteiger partial charge in [0.05, 0.1) is 17.7 Å². The van der Waals surface area contributed by atoms with Crippen LogP contribution in [0, 0.1) is 17.1 Å². The number of carbonyl (C=O) groups is 2. The van der Waals surface area contributed by atoms with Crippen LogP contribution in [0.1, 0.15) is 12.0 Å². The van der Waals surface area contributed by atoms with Crippen molar-refractivity contribution in [3.63, 3.8) is 0 Å². The van der Waals surface area contributed by atoms with Gasteiger partial charge < -0.3 is 21.1 Å². The maximum absolute atomic E-state index is 13.8. The van der Waals surface area contributed by atoms with Gasteiger partial charge in [-0.1, -0.05) is 0 Å². The van der Waals surface area contributed by atoms with Crippen LogP contribution in [0.4, 0.5) is 10.1 Å². The summed E-state index contributed by atoms with van der Waals surface area (Å²) in [5.41, 5.74) is 3.85. The molecule has 1 aromatic carbocycles. The lowest BCUT2D eigenvalue weighted by atomic mass is 9.96. The molecule has 21 heavy (non-hydrogen) atoms. The lowest BCUT2D eigenvalue weighted by Crippen LogP contribution is -2.52. The zero-order chi connectivity index (χ0) is 15.2. The molecule has 1 fully saturated rings. The Morgan fingerprint density at radius 2 is 2.33 bits per heavy atom. The highest BCUT2D eigenvalue weighted by Gasteiger charge is 2.52. The van der Waals surface area contributed by atoms with Gasteiger partial charge in [-0.15, -0.1) is 0 Å². The first-order valence-electron chi connectivity index (χ1n) is 6.22. The highest BCUT2D eigenvalue weighted by Crippen LogP contribution is 2.39. The number of ether oxygens (including phenoxy) is 1. The van der Waals surface area contributed by atoms with E-state index in [1.807, 2.05) is 6.07 Å². The van der Waals surface area contributed by atoms with Crippen LogP contribution in [0.5, 0.6) is 5.75 Å². The SMILES string of the molecule is N#Cc1cc(F)c2c(c1)O[C@]1(CN[C@H](C(N)=O)C1)C(=O)N2. The summed E-state index contributed by atoms with van der Waals surface area (Å²) in [6.07, 6.45) is 0.0476. The molecule has 2 heterocycles. The van der Waals surface area contributed by atoms with E-state index in [0.29, 0.717) is 0 Å². The third-order valence-corrected chi connectivity index (χ3v) is 3.65. The molecule has 1 aromatic rings. The van der Waals surface area contributed by atoms with E-state index in [1.54, 1.807) is 0 Å². The van der Waals surface area contributed by atoms with Gasteiger partial charge in [0.25, 0.3) is 5.91 Å². The molecule has 0 aliphatic carbocycles. The summed E-state index contributed by atoms with van der Waals surface area (Å²) in [7, 11) is 0. The van der Waals surface area contributed by atoms with Crippen molar-refractivity contribution < 1.29 is 18.7 Å². The van der Waals surface area contributed by atoms with E-state index >= 15 is 0 Å². The van der Waals surface area contributed by atoms with E-state index in [4.69, 9.17) is 15.7 Å². The van der Waals surface area contributed by atoms with E-state index in [2.05, 4.69) is 10.6 Å². The summed E-state index contributed by atoms with van der Waals surface area (Å²) in [4.78, 5) is 23.4. The predicted octanol–water partition coefficient (Wildman–Crippen LogP) is -0.386. The fourth-order valence-electron chi connectivity index (χ4n) is 2.55. The number of hydrogen-bond donors (Lipinski definition) is 3. The van der Waals surface area contributed by atoms with E-state index < -0.39 is 29.3 Å². The van der Waals surface area contributed by atoms with Crippen LogP contribution in [-0.2, 0) is 9.59 Å². The minimum absolute atomic E-state index is 0.0476. The lowest BCUT2D eigenvalue weighted by molar-refractivity contribution is -0.131. The van der Waals surface area contributed by atoms with Crippen LogP contribution in [0.15, 0.2) is 12.1 Å². The number of hydrogen-bond acceptors (Lipinski definition) is 5. The smallest absolute Gasteiger partial charge is 0.270 e. The molecule has 0 radical (unpaired) electrons. The topological polar surface area (TPSA) is 117 Å². The van der Waals surface area contributed by atoms with Gasteiger partial charge in [0.1, 0.15) is 11.4 Å². The zero-order valence-corrected chi connectivity index (χ0v) is 10.8. The Labute approximate surface area is 118 Å². The van der Waals surface area contributed by atoms with Gasteiger partial charge in [-0.05, 0) is 6.07 Å². The maximum Gasteiger partial charge on any atom is 0.270 e. The second-order valence-corrected chi connectivity index (χ2v) is 5.03. The van der Waals surface area contributed by atoms with Gasteiger partial charge in [0, 0.05) is 19.0 Å². The number of fused-ring (bicyclic) bond motifs is 1. The molecule has 0 saturated carbocycles. The average Bonchev–Trinajstić information content (AvgIpc) is 2.86. The molecular formula is C13H11FN4O3. The van der Waals surface area contributed by atoms with Crippen LogP contribution in [0.3, 0.4) is 0 Å². The van der Waals surface area contributed by atoms with Crippen LogP contribution in [0.2, 0.25) is 0 Å². The van der Waals surface area contributed by atoms with Crippen molar-refractivity contribution in [3.05, 3.63) is 23.5 Å². The Balaban J connectivity index is 1.99. The highest BCUT2D eigenvalue weighted by atomic mass is 19.1. The largest absolute Gasteiger partial charge is 0.474 e. The van der Waals surface area contributed by atoms with Crippen LogP contribution in [0.25, 0.3) is 0 Å². The summed E-state index contributed by atoms with van der Waals surface area (Å²) >= 11 is 0. The highest BCUT2D eigenvalue weighted by molar-refractivity contribution is 6.02. The number of nitrogens with one attached hydrogen (secondary N) is 2. The first kappa shape index (κ1) is 13.3. The van der Waals surface area contributed by atoms with Crippen molar-refractivity contribution >= 4 is 17.5 Å². The van der Waals surface area contributed by atoms with Crippen molar-refractivity contribution in [1.29, 1.82) is 5.26 Å². The zero-order valence-electron chi connectivity index (χ0n) is 10.8. The number of benzene rings is 1. The second kappa shape index (κ2) is 4.43. The Morgan fingerprint density at radius 1 is 1.57 bits per heavy atom. The third kappa shape index (κ3) is 1.98. The number of amides is 2. The molecule has 7 nitrogen and oxygen atoms in total. The van der Waals surface area contributed by atoms with Gasteiger partial charge >= 0.3 is 0 Å². The fourth-order valence-corrected chi connectivity index (χ4v) is 2.55. The predicted molar refractivity (Wildman–Crippen MR) is 68.7 cm³/mol. The van der Waals surface area contributed by atoms with E-state index in [1.165, 1.54) is 6.07 Å². The first-order valence-corrected chi connectivity index (χ1v) is 6.22. The maximum atomic E-state index is 13.8. The molecule has 3 rings (SSSR count). The molecule has 1 spiro atoms. The summed E-state index contributed by atoms with van der Waals surface area (Å²) in [6, 6.07) is 3.48. The Bertz CT molecular complexity index is 699. The number of anilines is 1. The second-order valence-electron chi connectivity index (χ2n) is 5.03. The summed E-state index contributed by atoms with van der Waals surface area (Å²) in [5, 5.41) is 14.1. The molecule has 0 bridgehead atoms. The molecule has 2 amide bonds. The van der Waals surface area contributed by atoms with Gasteiger partial charge in [0.2, 0.25) is 11.5 Å². The molecular weight excluding hydrogens is 279 g/mol. The van der Waals surface area contributed by atoms with Crippen molar-refractivity contribution in [2.45, 2.75) is 18.1 Å². The number of rotatable bonds is 1. The standard InChI is InChI=1S/C13H11FN4O3/c14-7-1-6(4-15)2-9-10(7)18-12(20)13(21-9)3-8(11(16)19)17-5-13/h1-2,8,17H,3,5H2,(H2,16,19)(H,18,20)/t8-,13+/m0/s1. The minimum atomic E-state index is -1.33. The lowest BCUT2D eigenvalue weighted by Gasteiger charge is -2.34. The van der Waals surface area contributed by atoms with Gasteiger partial charge in [-0.3, -0.25) is 9.59 Å². The quantitative estimate of drug-likeness (QED) is 0.651. The van der Waals surface area contributed by atoms with Gasteiger partial charge in [0.15, 0.2) is 5.82 Å². The Kier molecular flexibility index (Phi) is 2.81. The summed E-state index contributed by atoms with van der Waals surface area (Å²) < 4.78 is 19.5. The molecule has 8 heteroatoms. The molecule has 2 aliphatic rings. The molecule has 2 aliphatic heterocycles. The number of carbonyl (C=O) groups excluding carboxylic acids is 2. The summed E-state index contributed by atoms with van der Waals surface area (Å²) in [6.45, 7) is 0.0737. The molecule has 0 aromatic heterocycles. The molecule has 2 atom stereocenters. The monoisotopic (exact) mass is 290 g/mol. The van der Waals surface area contributed by atoms with Gasteiger partial charge in [-0.2, -0.15) is 5.26 Å². The fraction of sp³-hybridized carbons (Fsp3) is 0.308. The third-order valence-electron chi connectivity index (χ3n) is 3.65. The normalized spacial score (nSPS) is 26.7. The van der Waals surface area contributed by atoms with Crippen LogP contribution >= 0.6 is 0 Å². The number of primary amides is 1. The number of nitriles is 1. The minimum Gasteiger partial charge on any atom is -0.474 e. The molecule has 4 N–H and O–H groups in total. The summed E-state index contributed by atoms with van der Waals surface area (Å²) in [5.74, 6) is -1.82. The van der Waals surface area contributed by atoms with Gasteiger partial charge in [-0.25, -0.2) is 4.39 Å². The van der Waals surface area contributed by atoms with E-state index in [0.717, 1.165) is 6.07 Å². The number of halogens is 1. The van der Waals surface area contributed by atoms with Crippen molar-refractivity contribution in [2.24, 2.45) is 5.73 Å².